The molecule has 2 atom stereocenters. The summed E-state index contributed by atoms with van der Waals surface area (Å²) in [5.41, 5.74) is 1.25. The second kappa shape index (κ2) is 8.42. The lowest BCUT2D eigenvalue weighted by Crippen LogP contribution is -2.28. The van der Waals surface area contributed by atoms with Gasteiger partial charge in [0.2, 0.25) is 0 Å². The second-order valence-corrected chi connectivity index (χ2v) is 9.47. The predicted octanol–water partition coefficient (Wildman–Crippen LogP) is 5.44. The number of ether oxygens (including phenoxy) is 1. The van der Waals surface area contributed by atoms with Crippen LogP contribution in [-0.2, 0) is 0 Å². The number of benzene rings is 1. The fraction of sp³-hybridized carbons (Fsp3) is 0.682. The smallest absolute Gasteiger partial charge is 0.257 e. The van der Waals surface area contributed by atoms with Gasteiger partial charge in [-0.3, -0.25) is 4.79 Å². The van der Waals surface area contributed by atoms with Crippen LogP contribution in [0.25, 0.3) is 0 Å². The van der Waals surface area contributed by atoms with E-state index in [1.54, 1.807) is 22.7 Å². The SMILES string of the molecule is CCCC1CCC(COc2cc(F)c(C(=O)N3CCSC3)cc2C2CC2)C1. The standard InChI is InChI=1S/C22H30FNO2S/c1-2-3-15-4-5-16(10-15)13-26-21-12-20(23)19(11-18(21)17-6-7-17)22(25)24-8-9-27-14-24/h11-12,15-17H,2-10,13-14H2,1H3. The number of carbonyl (C=O) groups excluding carboxylic acids is 1. The van der Waals surface area contributed by atoms with E-state index < -0.39 is 5.82 Å². The molecule has 0 bridgehead atoms. The number of amides is 1. The lowest BCUT2D eigenvalue weighted by molar-refractivity contribution is 0.0798. The molecule has 3 aliphatic rings. The maximum atomic E-state index is 14.7. The molecule has 0 spiro atoms. The highest BCUT2D eigenvalue weighted by Crippen LogP contribution is 2.45. The Balaban J connectivity index is 1.46. The summed E-state index contributed by atoms with van der Waals surface area (Å²) >= 11 is 1.72. The van der Waals surface area contributed by atoms with E-state index in [1.165, 1.54) is 38.2 Å². The van der Waals surface area contributed by atoms with Gasteiger partial charge in [0.25, 0.3) is 5.91 Å². The molecule has 2 unspecified atom stereocenters. The molecular weight excluding hydrogens is 361 g/mol. The van der Waals surface area contributed by atoms with Gasteiger partial charge >= 0.3 is 0 Å². The van der Waals surface area contributed by atoms with Crippen LogP contribution in [0.15, 0.2) is 12.1 Å². The average molecular weight is 392 g/mol. The number of hydrogen-bond acceptors (Lipinski definition) is 3. The van der Waals surface area contributed by atoms with Crippen molar-refractivity contribution in [2.45, 2.75) is 57.8 Å². The number of carbonyl (C=O) groups is 1. The van der Waals surface area contributed by atoms with Crippen molar-refractivity contribution in [2.75, 3.05) is 24.8 Å². The summed E-state index contributed by atoms with van der Waals surface area (Å²) in [6, 6.07) is 3.25. The third-order valence-corrected chi connectivity index (χ3v) is 7.17. The van der Waals surface area contributed by atoms with E-state index in [0.717, 1.165) is 30.1 Å². The van der Waals surface area contributed by atoms with E-state index in [0.29, 0.717) is 36.6 Å². The van der Waals surface area contributed by atoms with Crippen LogP contribution < -0.4 is 4.74 Å². The fourth-order valence-corrected chi connectivity index (χ4v) is 5.47. The fourth-order valence-electron chi connectivity index (χ4n) is 4.53. The number of halogens is 1. The van der Waals surface area contributed by atoms with E-state index in [-0.39, 0.29) is 11.5 Å². The first-order valence-electron chi connectivity index (χ1n) is 10.5. The maximum absolute atomic E-state index is 14.7. The molecule has 3 nitrogen and oxygen atoms in total. The third kappa shape index (κ3) is 4.44. The van der Waals surface area contributed by atoms with Crippen LogP contribution in [0.5, 0.6) is 5.75 Å². The van der Waals surface area contributed by atoms with Gasteiger partial charge in [-0.15, -0.1) is 11.8 Å². The first kappa shape index (κ1) is 19.1. The number of hydrogen-bond donors (Lipinski definition) is 0. The Hall–Kier alpha value is -1.23. The van der Waals surface area contributed by atoms with Crippen molar-refractivity contribution in [1.29, 1.82) is 0 Å². The van der Waals surface area contributed by atoms with Crippen molar-refractivity contribution < 1.29 is 13.9 Å². The highest BCUT2D eigenvalue weighted by atomic mass is 32.2. The lowest BCUT2D eigenvalue weighted by atomic mass is 10.0. The zero-order valence-electron chi connectivity index (χ0n) is 16.2. The Kier molecular flexibility index (Phi) is 5.96. The summed E-state index contributed by atoms with van der Waals surface area (Å²) in [5, 5.41) is 0. The Morgan fingerprint density at radius 1 is 1.26 bits per heavy atom. The highest BCUT2D eigenvalue weighted by Gasteiger charge is 2.32. The molecule has 27 heavy (non-hydrogen) atoms. The molecule has 2 aliphatic carbocycles. The van der Waals surface area contributed by atoms with Crippen molar-refractivity contribution in [3.63, 3.8) is 0 Å². The zero-order chi connectivity index (χ0) is 18.8. The summed E-state index contributed by atoms with van der Waals surface area (Å²) in [4.78, 5) is 14.4. The molecule has 0 aromatic heterocycles. The van der Waals surface area contributed by atoms with Gasteiger partial charge in [-0.25, -0.2) is 4.39 Å². The molecule has 4 rings (SSSR count). The zero-order valence-corrected chi connectivity index (χ0v) is 17.0. The van der Waals surface area contributed by atoms with Gasteiger partial charge in [0, 0.05) is 18.4 Å². The second-order valence-electron chi connectivity index (χ2n) is 8.39. The van der Waals surface area contributed by atoms with E-state index in [4.69, 9.17) is 4.74 Å². The molecule has 0 N–H and O–H groups in total. The molecule has 5 heteroatoms. The van der Waals surface area contributed by atoms with Gasteiger partial charge in [0.1, 0.15) is 11.6 Å². The van der Waals surface area contributed by atoms with E-state index in [9.17, 15) is 9.18 Å². The summed E-state index contributed by atoms with van der Waals surface area (Å²) in [6.07, 6.45) is 8.53. The van der Waals surface area contributed by atoms with Gasteiger partial charge in [0.15, 0.2) is 0 Å². The monoisotopic (exact) mass is 391 g/mol. The largest absolute Gasteiger partial charge is 0.493 e. The Bertz CT molecular complexity index is 685. The minimum Gasteiger partial charge on any atom is -0.493 e. The van der Waals surface area contributed by atoms with Gasteiger partial charge in [0.05, 0.1) is 18.0 Å². The van der Waals surface area contributed by atoms with Gasteiger partial charge in [-0.05, 0) is 55.1 Å². The summed E-state index contributed by atoms with van der Waals surface area (Å²) in [7, 11) is 0. The number of thioether (sulfide) groups is 1. The van der Waals surface area contributed by atoms with Crippen LogP contribution in [0, 0.1) is 17.7 Å². The molecule has 1 heterocycles. The highest BCUT2D eigenvalue weighted by molar-refractivity contribution is 7.99. The predicted molar refractivity (Wildman–Crippen MR) is 108 cm³/mol. The lowest BCUT2D eigenvalue weighted by Gasteiger charge is -2.19. The summed E-state index contributed by atoms with van der Waals surface area (Å²) in [5.74, 6) is 3.50. The van der Waals surface area contributed by atoms with Crippen molar-refractivity contribution in [3.05, 3.63) is 29.1 Å². The topological polar surface area (TPSA) is 29.5 Å². The van der Waals surface area contributed by atoms with Crippen molar-refractivity contribution >= 4 is 17.7 Å². The molecule has 1 saturated heterocycles. The van der Waals surface area contributed by atoms with Crippen LogP contribution in [-0.4, -0.2) is 35.6 Å². The first-order chi connectivity index (χ1) is 13.2. The van der Waals surface area contributed by atoms with Crippen LogP contribution in [0.2, 0.25) is 0 Å². The van der Waals surface area contributed by atoms with Crippen molar-refractivity contribution in [1.82, 2.24) is 4.90 Å². The van der Waals surface area contributed by atoms with Gasteiger partial charge in [-0.2, -0.15) is 0 Å². The molecule has 1 amide bonds. The van der Waals surface area contributed by atoms with Crippen LogP contribution >= 0.6 is 11.8 Å². The first-order valence-corrected chi connectivity index (χ1v) is 11.6. The minimum atomic E-state index is -0.438. The molecule has 0 radical (unpaired) electrons. The Labute approximate surface area is 166 Å². The number of nitrogens with zero attached hydrogens (tertiary/aromatic N) is 1. The normalized spacial score (nSPS) is 25.2. The maximum Gasteiger partial charge on any atom is 0.257 e. The minimum absolute atomic E-state index is 0.177. The molecular formula is C22H30FNO2S. The van der Waals surface area contributed by atoms with E-state index in [1.807, 2.05) is 0 Å². The van der Waals surface area contributed by atoms with Crippen LogP contribution in [0.3, 0.4) is 0 Å². The molecule has 1 aromatic carbocycles. The molecule has 3 fully saturated rings. The summed E-state index contributed by atoms with van der Waals surface area (Å²) in [6.45, 7) is 3.63. The third-order valence-electron chi connectivity index (χ3n) is 6.21. The molecule has 148 valence electrons. The number of rotatable bonds is 7. The van der Waals surface area contributed by atoms with Crippen LogP contribution in [0.4, 0.5) is 4.39 Å². The van der Waals surface area contributed by atoms with Crippen molar-refractivity contribution in [3.8, 4) is 5.75 Å². The van der Waals surface area contributed by atoms with E-state index >= 15 is 0 Å². The molecule has 2 saturated carbocycles. The molecule has 1 aliphatic heterocycles. The quantitative estimate of drug-likeness (QED) is 0.619. The Morgan fingerprint density at radius 3 is 2.78 bits per heavy atom. The summed E-state index contributed by atoms with van der Waals surface area (Å²) < 4.78 is 20.9. The molecule has 1 aromatic rings. The van der Waals surface area contributed by atoms with Crippen LogP contribution in [0.1, 0.15) is 73.7 Å². The Morgan fingerprint density at radius 2 is 2.07 bits per heavy atom. The van der Waals surface area contributed by atoms with E-state index in [2.05, 4.69) is 6.92 Å². The van der Waals surface area contributed by atoms with Gasteiger partial charge in [-0.1, -0.05) is 26.2 Å². The van der Waals surface area contributed by atoms with Crippen molar-refractivity contribution in [2.24, 2.45) is 11.8 Å². The average Bonchev–Trinajstić information content (AvgIpc) is 3.17. The van der Waals surface area contributed by atoms with Gasteiger partial charge < -0.3 is 9.64 Å².